The molecule has 0 aliphatic rings. The maximum Gasteiger partial charge on any atom is 0.164 e. The summed E-state index contributed by atoms with van der Waals surface area (Å²) in [7, 11) is 0. The topological polar surface area (TPSA) is 124 Å². The number of nitrogens with zero attached hydrogens (tertiary/aromatic N) is 10. The molecule has 10 heteroatoms. The molecule has 0 fully saturated rings. The SMILES string of the molecule is N#Cc1cccc(-c2cc(-c3cccc(-c4ccccc4)c3)nc(-c3ccc(-c4nc5ccccc5c5c4c4ccccc4n5-c4ccccc4)cc3)n2)c1.c1ccc(-c2nc(-c3ccc(-c4cc5ccccc5c5ccccc45)cc3)nc(-c3ccc(-c4nc5ccccc5c5c4c4ccccc4n5-c4ccccc4)cc3)n2)cc1. The fraction of sp³-hybridized carbons (Fsp3) is 0. The Hall–Kier alpha value is -16.0. The van der Waals surface area contributed by atoms with E-state index in [9.17, 15) is 5.26 Å². The summed E-state index contributed by atoms with van der Waals surface area (Å²) >= 11 is 0. The molecule has 0 spiro atoms. The van der Waals surface area contributed by atoms with E-state index in [1.807, 2.05) is 72.8 Å². The van der Waals surface area contributed by atoms with Crippen molar-refractivity contribution in [2.24, 2.45) is 0 Å². The number of hydrogen-bond donors (Lipinski definition) is 0. The van der Waals surface area contributed by atoms with E-state index in [4.69, 9.17) is 34.9 Å². The first-order chi connectivity index (χ1) is 57.5. The van der Waals surface area contributed by atoms with E-state index in [0.717, 1.165) is 161 Å². The number of nitriles is 1. The van der Waals surface area contributed by atoms with Gasteiger partial charge in [0, 0.05) is 88.2 Å². The Morgan fingerprint density at radius 3 is 1.09 bits per heavy atom. The van der Waals surface area contributed by atoms with Gasteiger partial charge in [0.1, 0.15) is 0 Å². The molecule has 0 N–H and O–H groups in total. The summed E-state index contributed by atoms with van der Waals surface area (Å²) in [5.41, 5.74) is 24.7. The van der Waals surface area contributed by atoms with Crippen LogP contribution < -0.4 is 0 Å². The van der Waals surface area contributed by atoms with Crippen LogP contribution >= 0.6 is 0 Å². The molecule has 22 aromatic rings. The quantitative estimate of drug-likeness (QED) is 0.111. The smallest absolute Gasteiger partial charge is 0.164 e. The van der Waals surface area contributed by atoms with Crippen LogP contribution in [0.2, 0.25) is 0 Å². The van der Waals surface area contributed by atoms with Crippen molar-refractivity contribution in [1.29, 1.82) is 5.26 Å². The largest absolute Gasteiger partial charge is 0.308 e. The summed E-state index contributed by atoms with van der Waals surface area (Å²) in [5.74, 6) is 2.46. The van der Waals surface area contributed by atoms with E-state index in [1.54, 1.807) is 0 Å². The third-order valence-electron chi connectivity index (χ3n) is 22.0. The van der Waals surface area contributed by atoms with Gasteiger partial charge in [-0.25, -0.2) is 34.9 Å². The van der Waals surface area contributed by atoms with Crippen LogP contribution in [0, 0.1) is 11.3 Å². The van der Waals surface area contributed by atoms with Gasteiger partial charge in [0.2, 0.25) is 0 Å². The van der Waals surface area contributed by atoms with Crippen LogP contribution in [0.4, 0.5) is 0 Å². The molecule has 0 atom stereocenters. The molecule has 0 aliphatic carbocycles. The number of hydrogen-bond acceptors (Lipinski definition) is 8. The van der Waals surface area contributed by atoms with E-state index >= 15 is 0 Å². The summed E-state index contributed by atoms with van der Waals surface area (Å²) in [5, 5.41) is 21.4. The first-order valence-electron chi connectivity index (χ1n) is 38.8. The summed E-state index contributed by atoms with van der Waals surface area (Å²) in [6, 6.07) is 141. The Bertz CT molecular complexity index is 7610. The molecule has 0 aliphatic heterocycles. The lowest BCUT2D eigenvalue weighted by atomic mass is 9.93. The molecule has 0 radical (unpaired) electrons. The molecule has 6 aromatic heterocycles. The van der Waals surface area contributed by atoms with Gasteiger partial charge in [-0.1, -0.05) is 322 Å². The molecule has 0 saturated carbocycles. The zero-order valence-corrected chi connectivity index (χ0v) is 62.6. The van der Waals surface area contributed by atoms with E-state index in [0.29, 0.717) is 28.9 Å². The van der Waals surface area contributed by atoms with Crippen LogP contribution in [0.5, 0.6) is 0 Å². The highest BCUT2D eigenvalue weighted by Gasteiger charge is 2.25. The second kappa shape index (κ2) is 29.0. The van der Waals surface area contributed by atoms with Crippen LogP contribution in [0.15, 0.2) is 400 Å². The molecule has 16 aromatic carbocycles. The van der Waals surface area contributed by atoms with Gasteiger partial charge in [-0.15, -0.1) is 0 Å². The number of pyridine rings is 2. The third kappa shape index (κ3) is 12.3. The summed E-state index contributed by atoms with van der Waals surface area (Å²) in [4.78, 5) is 36.1. The predicted octanol–water partition coefficient (Wildman–Crippen LogP) is 26.5. The Morgan fingerprint density at radius 1 is 0.224 bits per heavy atom. The average molecular weight is 1480 g/mol. The lowest BCUT2D eigenvalue weighted by Crippen LogP contribution is -2.00. The minimum atomic E-state index is 0.581. The summed E-state index contributed by atoms with van der Waals surface area (Å²) < 4.78 is 4.74. The summed E-state index contributed by atoms with van der Waals surface area (Å²) in [6.07, 6.45) is 0. The molecular weight excluding hydrogens is 1410 g/mol. The van der Waals surface area contributed by atoms with Crippen molar-refractivity contribution < 1.29 is 0 Å². The zero-order valence-electron chi connectivity index (χ0n) is 62.6. The van der Waals surface area contributed by atoms with Crippen LogP contribution in [-0.2, 0) is 0 Å². The Kier molecular flexibility index (Phi) is 17.1. The van der Waals surface area contributed by atoms with Gasteiger partial charge in [-0.2, -0.15) is 5.26 Å². The Morgan fingerprint density at radius 2 is 0.586 bits per heavy atom. The fourth-order valence-electron chi connectivity index (χ4n) is 16.6. The number of benzene rings is 16. The van der Waals surface area contributed by atoms with E-state index in [-0.39, 0.29) is 0 Å². The van der Waals surface area contributed by atoms with Crippen LogP contribution in [0.1, 0.15) is 5.56 Å². The van der Waals surface area contributed by atoms with Gasteiger partial charge in [0.05, 0.1) is 67.5 Å². The normalized spacial score (nSPS) is 11.4. The molecule has 0 amide bonds. The first kappa shape index (κ1) is 68.1. The van der Waals surface area contributed by atoms with Crippen molar-refractivity contribution in [1.82, 2.24) is 44.0 Å². The van der Waals surface area contributed by atoms with Gasteiger partial charge in [0.15, 0.2) is 23.3 Å². The highest BCUT2D eigenvalue weighted by molar-refractivity contribution is 6.24. The van der Waals surface area contributed by atoms with Crippen molar-refractivity contribution in [2.45, 2.75) is 0 Å². The average Bonchev–Trinajstić information content (AvgIpc) is 1.55. The lowest BCUT2D eigenvalue weighted by Gasteiger charge is -2.13. The van der Waals surface area contributed by atoms with Crippen molar-refractivity contribution in [3.8, 4) is 130 Å². The molecule has 22 rings (SSSR count). The van der Waals surface area contributed by atoms with E-state index in [1.165, 1.54) is 27.1 Å². The van der Waals surface area contributed by atoms with Crippen molar-refractivity contribution in [2.75, 3.05) is 0 Å². The maximum atomic E-state index is 9.69. The second-order valence-corrected chi connectivity index (χ2v) is 29.0. The molecule has 540 valence electrons. The molecule has 0 saturated heterocycles. The van der Waals surface area contributed by atoms with E-state index < -0.39 is 0 Å². The van der Waals surface area contributed by atoms with Crippen LogP contribution in [0.25, 0.3) is 211 Å². The van der Waals surface area contributed by atoms with Crippen molar-refractivity contribution in [3.63, 3.8) is 0 Å². The highest BCUT2D eigenvalue weighted by Crippen LogP contribution is 2.45. The summed E-state index contributed by atoms with van der Waals surface area (Å²) in [6.45, 7) is 0. The van der Waals surface area contributed by atoms with Gasteiger partial charge in [0.25, 0.3) is 0 Å². The van der Waals surface area contributed by atoms with Gasteiger partial charge in [-0.3, -0.25) is 0 Å². The molecular formula is C106H66N10. The number of rotatable bonds is 12. The number of para-hydroxylation sites is 6. The van der Waals surface area contributed by atoms with Crippen molar-refractivity contribution >= 4 is 87.0 Å². The Balaban J connectivity index is 0.000000146. The zero-order chi connectivity index (χ0) is 77.0. The van der Waals surface area contributed by atoms with E-state index in [2.05, 4.69) is 343 Å². The molecule has 0 unspecified atom stereocenters. The maximum absolute atomic E-state index is 9.69. The number of aromatic nitrogens is 9. The molecule has 0 bridgehead atoms. The van der Waals surface area contributed by atoms with Gasteiger partial charge in [-0.05, 0) is 123 Å². The predicted molar refractivity (Wildman–Crippen MR) is 475 cm³/mol. The van der Waals surface area contributed by atoms with Crippen LogP contribution in [0.3, 0.4) is 0 Å². The molecule has 6 heterocycles. The second-order valence-electron chi connectivity index (χ2n) is 29.0. The molecule has 10 nitrogen and oxygen atoms in total. The Labute approximate surface area is 668 Å². The number of fused-ring (bicyclic) bond motifs is 13. The van der Waals surface area contributed by atoms with Crippen LogP contribution in [-0.4, -0.2) is 44.0 Å². The first-order valence-corrected chi connectivity index (χ1v) is 38.8. The monoisotopic (exact) mass is 1480 g/mol. The minimum Gasteiger partial charge on any atom is -0.308 e. The standard InChI is InChI=1S/C56H35N5.C50H31N5/c1-3-15-38(16-4-1)54-58-55(39-31-27-36(28-32-39)48-35-41-17-7-8-20-43(41)44-21-9-10-22-45(44)48)60-56(59-54)40-33-29-37(30-34-40)52-51-47-24-12-14-26-50(47)61(42-18-5-2-6-19-42)53(51)46-23-11-13-25-49(46)57-52;51-32-33-13-11-17-38(29-33)44-31-45(39-18-12-16-37(30-39)34-14-3-1-4-15-34)54-50(53-44)36-27-25-35(26-28-36)48-47-42-22-8-10-24-46(42)55(40-19-5-2-6-20-40)49(47)41-21-7-9-23-43(41)52-48/h1-35H;1-31H. The highest BCUT2D eigenvalue weighted by atomic mass is 15.0. The minimum absolute atomic E-state index is 0.581. The lowest BCUT2D eigenvalue weighted by molar-refractivity contribution is 1.07. The molecule has 116 heavy (non-hydrogen) atoms. The fourth-order valence-corrected chi connectivity index (χ4v) is 16.6. The van der Waals surface area contributed by atoms with Gasteiger partial charge >= 0.3 is 0 Å². The van der Waals surface area contributed by atoms with Gasteiger partial charge < -0.3 is 9.13 Å². The third-order valence-corrected chi connectivity index (χ3v) is 22.0. The van der Waals surface area contributed by atoms with Crippen molar-refractivity contribution in [3.05, 3.63) is 406 Å².